The van der Waals surface area contributed by atoms with Crippen LogP contribution in [-0.2, 0) is 6.54 Å². The maximum atomic E-state index is 12.2. The normalized spacial score (nSPS) is 14.6. The van der Waals surface area contributed by atoms with E-state index in [2.05, 4.69) is 49.6 Å². The van der Waals surface area contributed by atoms with Crippen molar-refractivity contribution >= 4 is 17.3 Å². The number of carbonyl (C=O) groups excluding carboxylic acids is 1. The van der Waals surface area contributed by atoms with Crippen LogP contribution >= 0.6 is 0 Å². The summed E-state index contributed by atoms with van der Waals surface area (Å²) in [7, 11) is 0. The summed E-state index contributed by atoms with van der Waals surface area (Å²) in [4.78, 5) is 28.1. The van der Waals surface area contributed by atoms with Gasteiger partial charge in [0.1, 0.15) is 5.69 Å². The molecular weight excluding hydrogens is 366 g/mol. The van der Waals surface area contributed by atoms with Crippen molar-refractivity contribution in [3.63, 3.8) is 0 Å². The molecule has 0 saturated carbocycles. The SMILES string of the molecule is O=C(Nc1ccc(N2CCN(Cc3ccccc3)CC2)cc1)c1ccc(=O)[nH]n1. The summed E-state index contributed by atoms with van der Waals surface area (Å²) in [5, 5.41) is 8.79. The molecule has 7 heteroatoms. The molecule has 0 unspecified atom stereocenters. The number of amides is 1. The van der Waals surface area contributed by atoms with Crippen molar-refractivity contribution in [2.24, 2.45) is 0 Å². The van der Waals surface area contributed by atoms with E-state index in [-0.39, 0.29) is 17.2 Å². The number of piperazine rings is 1. The van der Waals surface area contributed by atoms with Crippen molar-refractivity contribution in [2.45, 2.75) is 6.54 Å². The fraction of sp³-hybridized carbons (Fsp3) is 0.227. The second kappa shape index (κ2) is 8.70. The van der Waals surface area contributed by atoms with Crippen LogP contribution in [0.1, 0.15) is 16.1 Å². The van der Waals surface area contributed by atoms with Gasteiger partial charge in [-0.25, -0.2) is 5.10 Å². The third kappa shape index (κ3) is 4.89. The third-order valence-electron chi connectivity index (χ3n) is 5.02. The van der Waals surface area contributed by atoms with E-state index in [0.29, 0.717) is 5.69 Å². The van der Waals surface area contributed by atoms with Gasteiger partial charge in [-0.15, -0.1) is 0 Å². The molecule has 0 spiro atoms. The average molecular weight is 389 g/mol. The van der Waals surface area contributed by atoms with Gasteiger partial charge < -0.3 is 10.2 Å². The first-order valence-electron chi connectivity index (χ1n) is 9.66. The minimum Gasteiger partial charge on any atom is -0.369 e. The number of hydrogen-bond donors (Lipinski definition) is 2. The van der Waals surface area contributed by atoms with Crippen LogP contribution in [0.3, 0.4) is 0 Å². The van der Waals surface area contributed by atoms with E-state index in [1.807, 2.05) is 30.3 Å². The number of nitrogens with one attached hydrogen (secondary N) is 2. The molecular formula is C22H23N5O2. The molecule has 3 aromatic rings. The van der Waals surface area contributed by atoms with Crippen molar-refractivity contribution in [3.05, 3.63) is 88.3 Å². The molecule has 1 aliphatic rings. The van der Waals surface area contributed by atoms with Crippen LogP contribution < -0.4 is 15.8 Å². The van der Waals surface area contributed by atoms with Crippen LogP contribution in [0, 0.1) is 0 Å². The molecule has 0 atom stereocenters. The molecule has 2 heterocycles. The van der Waals surface area contributed by atoms with E-state index in [9.17, 15) is 9.59 Å². The zero-order chi connectivity index (χ0) is 20.1. The second-order valence-corrected chi connectivity index (χ2v) is 7.06. The first kappa shape index (κ1) is 18.9. The van der Waals surface area contributed by atoms with Gasteiger partial charge in [-0.1, -0.05) is 30.3 Å². The van der Waals surface area contributed by atoms with Crippen LogP contribution in [0.2, 0.25) is 0 Å². The van der Waals surface area contributed by atoms with Gasteiger partial charge in [-0.2, -0.15) is 5.10 Å². The molecule has 1 aliphatic heterocycles. The Bertz CT molecular complexity index is 989. The summed E-state index contributed by atoms with van der Waals surface area (Å²) >= 11 is 0. The molecule has 2 N–H and O–H groups in total. The van der Waals surface area contributed by atoms with Gasteiger partial charge in [-0.05, 0) is 35.9 Å². The highest BCUT2D eigenvalue weighted by atomic mass is 16.2. The van der Waals surface area contributed by atoms with E-state index < -0.39 is 0 Å². The summed E-state index contributed by atoms with van der Waals surface area (Å²) in [6.45, 7) is 4.97. The van der Waals surface area contributed by atoms with Crippen LogP contribution in [0.4, 0.5) is 11.4 Å². The van der Waals surface area contributed by atoms with Crippen molar-refractivity contribution < 1.29 is 4.79 Å². The molecule has 0 bridgehead atoms. The van der Waals surface area contributed by atoms with Gasteiger partial charge in [0.2, 0.25) is 0 Å². The Morgan fingerprint density at radius 2 is 1.66 bits per heavy atom. The standard InChI is InChI=1S/C22H23N5O2/c28-21-11-10-20(24-25-21)22(29)23-18-6-8-19(9-7-18)27-14-12-26(13-15-27)16-17-4-2-1-3-5-17/h1-11H,12-16H2,(H,23,29)(H,25,28). The predicted octanol–water partition coefficient (Wildman–Crippen LogP) is 2.34. The number of aromatic amines is 1. The molecule has 0 aliphatic carbocycles. The first-order chi connectivity index (χ1) is 14.2. The molecule has 1 amide bonds. The van der Waals surface area contributed by atoms with Gasteiger partial charge in [0, 0.05) is 50.2 Å². The third-order valence-corrected chi connectivity index (χ3v) is 5.02. The quantitative estimate of drug-likeness (QED) is 0.700. The summed E-state index contributed by atoms with van der Waals surface area (Å²) < 4.78 is 0. The van der Waals surface area contributed by atoms with E-state index in [1.54, 1.807) is 0 Å². The number of hydrogen-bond acceptors (Lipinski definition) is 5. The van der Waals surface area contributed by atoms with Crippen molar-refractivity contribution in [1.82, 2.24) is 15.1 Å². The molecule has 1 fully saturated rings. The number of H-pyrrole nitrogens is 1. The minimum atomic E-state index is -0.358. The van der Waals surface area contributed by atoms with E-state index in [1.165, 1.54) is 17.7 Å². The molecule has 148 valence electrons. The summed E-state index contributed by atoms with van der Waals surface area (Å²) in [5.41, 5.74) is 3.01. The van der Waals surface area contributed by atoms with Crippen LogP contribution in [-0.4, -0.2) is 47.2 Å². The molecule has 1 aromatic heterocycles. The topological polar surface area (TPSA) is 81.3 Å². The lowest BCUT2D eigenvalue weighted by atomic mass is 10.2. The lowest BCUT2D eigenvalue weighted by molar-refractivity contribution is 0.102. The van der Waals surface area contributed by atoms with Crippen molar-refractivity contribution in [2.75, 3.05) is 36.4 Å². The predicted molar refractivity (Wildman–Crippen MR) is 113 cm³/mol. The van der Waals surface area contributed by atoms with E-state index >= 15 is 0 Å². The maximum absolute atomic E-state index is 12.2. The fourth-order valence-corrected chi connectivity index (χ4v) is 3.43. The Kier molecular flexibility index (Phi) is 5.67. The van der Waals surface area contributed by atoms with Crippen LogP contribution in [0.25, 0.3) is 0 Å². The molecule has 2 aromatic carbocycles. The Morgan fingerprint density at radius 3 is 2.31 bits per heavy atom. The largest absolute Gasteiger partial charge is 0.369 e. The Balaban J connectivity index is 1.31. The van der Waals surface area contributed by atoms with Gasteiger partial charge in [0.05, 0.1) is 0 Å². The summed E-state index contributed by atoms with van der Waals surface area (Å²) in [6, 6.07) is 21.0. The number of nitrogens with zero attached hydrogens (tertiary/aromatic N) is 3. The number of carbonyl (C=O) groups is 1. The molecule has 7 nitrogen and oxygen atoms in total. The summed E-state index contributed by atoms with van der Waals surface area (Å²) in [5.74, 6) is -0.358. The van der Waals surface area contributed by atoms with Gasteiger partial charge in [-0.3, -0.25) is 14.5 Å². The van der Waals surface area contributed by atoms with Gasteiger partial charge >= 0.3 is 0 Å². The fourth-order valence-electron chi connectivity index (χ4n) is 3.43. The highest BCUT2D eigenvalue weighted by Crippen LogP contribution is 2.20. The zero-order valence-electron chi connectivity index (χ0n) is 16.0. The summed E-state index contributed by atoms with van der Waals surface area (Å²) in [6.07, 6.45) is 0. The molecule has 1 saturated heterocycles. The van der Waals surface area contributed by atoms with Gasteiger partial charge in [0.25, 0.3) is 11.5 Å². The molecule has 4 rings (SSSR count). The van der Waals surface area contributed by atoms with Gasteiger partial charge in [0.15, 0.2) is 0 Å². The second-order valence-electron chi connectivity index (χ2n) is 7.06. The first-order valence-corrected chi connectivity index (χ1v) is 9.66. The average Bonchev–Trinajstić information content (AvgIpc) is 2.76. The maximum Gasteiger partial charge on any atom is 0.276 e. The number of benzene rings is 2. The minimum absolute atomic E-state index is 0.170. The molecule has 0 radical (unpaired) electrons. The van der Waals surface area contributed by atoms with E-state index in [0.717, 1.165) is 38.4 Å². The number of aromatic nitrogens is 2. The monoisotopic (exact) mass is 389 g/mol. The lowest BCUT2D eigenvalue weighted by Gasteiger charge is -2.36. The highest BCUT2D eigenvalue weighted by Gasteiger charge is 2.17. The highest BCUT2D eigenvalue weighted by molar-refractivity contribution is 6.02. The Morgan fingerprint density at radius 1 is 0.931 bits per heavy atom. The zero-order valence-corrected chi connectivity index (χ0v) is 16.0. The Hall–Kier alpha value is -3.45. The number of anilines is 2. The van der Waals surface area contributed by atoms with Crippen molar-refractivity contribution in [3.8, 4) is 0 Å². The lowest BCUT2D eigenvalue weighted by Crippen LogP contribution is -2.45. The van der Waals surface area contributed by atoms with Crippen LogP contribution in [0.5, 0.6) is 0 Å². The van der Waals surface area contributed by atoms with Crippen molar-refractivity contribution in [1.29, 1.82) is 0 Å². The van der Waals surface area contributed by atoms with E-state index in [4.69, 9.17) is 0 Å². The Labute approximate surface area is 169 Å². The smallest absolute Gasteiger partial charge is 0.276 e. The number of rotatable bonds is 5. The van der Waals surface area contributed by atoms with Crippen LogP contribution in [0.15, 0.2) is 71.5 Å². The molecule has 29 heavy (non-hydrogen) atoms.